The van der Waals surface area contributed by atoms with Gasteiger partial charge in [-0.05, 0) is 0 Å². The number of fused-ring (bicyclic) bond motifs is 1. The Morgan fingerprint density at radius 1 is 1.13 bits per heavy atom. The molecule has 1 saturated heterocycles. The molecule has 2 N–H and O–H groups in total. The Morgan fingerprint density at radius 2 is 1.80 bits per heavy atom. The molecule has 13 heteroatoms. The number of rotatable bonds is 6. The number of carbonyl (C=O) groups is 3. The highest BCUT2D eigenvalue weighted by Crippen LogP contribution is 2.38. The van der Waals surface area contributed by atoms with Crippen LogP contribution in [-0.4, -0.2) is 74.5 Å². The molecule has 13 nitrogen and oxygen atoms in total. The fourth-order valence-corrected chi connectivity index (χ4v) is 3.21. The van der Waals surface area contributed by atoms with Crippen molar-refractivity contribution in [1.29, 1.82) is 0 Å². The lowest BCUT2D eigenvalue weighted by Gasteiger charge is -2.24. The van der Waals surface area contributed by atoms with Crippen LogP contribution in [0.2, 0.25) is 0 Å². The maximum absolute atomic E-state index is 11.8. The summed E-state index contributed by atoms with van der Waals surface area (Å²) in [5.41, 5.74) is 0.267. The van der Waals surface area contributed by atoms with Crippen molar-refractivity contribution in [1.82, 2.24) is 19.5 Å². The molecule has 0 radical (unpaired) electrons. The Labute approximate surface area is 170 Å². The molecule has 30 heavy (non-hydrogen) atoms. The van der Waals surface area contributed by atoms with Crippen molar-refractivity contribution in [3.63, 3.8) is 0 Å². The van der Waals surface area contributed by atoms with E-state index in [9.17, 15) is 19.5 Å². The minimum atomic E-state index is -1.12. The number of esters is 3. The molecule has 2 aromatic rings. The van der Waals surface area contributed by atoms with Gasteiger partial charge in [-0.15, -0.1) is 0 Å². The van der Waals surface area contributed by atoms with Crippen molar-refractivity contribution in [2.45, 2.75) is 45.3 Å². The number of aromatic nitrogens is 4. The van der Waals surface area contributed by atoms with Crippen LogP contribution in [-0.2, 0) is 33.3 Å². The Morgan fingerprint density at radius 3 is 2.40 bits per heavy atom. The third-order valence-electron chi connectivity index (χ3n) is 4.28. The molecule has 4 atom stereocenters. The lowest BCUT2D eigenvalue weighted by Crippen LogP contribution is -2.40. The van der Waals surface area contributed by atoms with Gasteiger partial charge in [-0.2, -0.15) is 4.98 Å². The fraction of sp³-hybridized carbons (Fsp3) is 0.529. The van der Waals surface area contributed by atoms with E-state index in [0.717, 1.165) is 6.33 Å². The zero-order valence-electron chi connectivity index (χ0n) is 16.7. The molecule has 2 aromatic heterocycles. The predicted molar refractivity (Wildman–Crippen MR) is 98.2 cm³/mol. The molecule has 1 aliphatic rings. The van der Waals surface area contributed by atoms with Crippen molar-refractivity contribution in [2.24, 2.45) is 0 Å². The second-order valence-electron chi connectivity index (χ2n) is 6.44. The van der Waals surface area contributed by atoms with Crippen molar-refractivity contribution in [3.8, 4) is 5.88 Å². The minimum absolute atomic E-state index is 0.0829. The average Bonchev–Trinajstić information content (AvgIpc) is 3.18. The second kappa shape index (κ2) is 8.49. The molecule has 0 spiro atoms. The Bertz CT molecular complexity index is 976. The first kappa shape index (κ1) is 21.2. The van der Waals surface area contributed by atoms with E-state index in [0.29, 0.717) is 0 Å². The fourth-order valence-electron chi connectivity index (χ4n) is 3.21. The summed E-state index contributed by atoms with van der Waals surface area (Å²) in [5, 5.41) is 12.9. The second-order valence-corrected chi connectivity index (χ2v) is 6.44. The molecule has 0 unspecified atom stereocenters. The van der Waals surface area contributed by atoms with E-state index in [1.807, 2.05) is 0 Å². The Kier molecular flexibility index (Phi) is 6.01. The highest BCUT2D eigenvalue weighted by molar-refractivity contribution is 5.79. The molecule has 0 saturated carbocycles. The van der Waals surface area contributed by atoms with Gasteiger partial charge >= 0.3 is 17.9 Å². The molecular formula is C17H21N5O8. The first-order chi connectivity index (χ1) is 14.2. The van der Waals surface area contributed by atoms with E-state index in [4.69, 9.17) is 18.9 Å². The van der Waals surface area contributed by atoms with Crippen LogP contribution in [0.4, 0.5) is 5.95 Å². The average molecular weight is 423 g/mol. The van der Waals surface area contributed by atoms with Crippen molar-refractivity contribution >= 4 is 35.0 Å². The first-order valence-electron chi connectivity index (χ1n) is 8.95. The van der Waals surface area contributed by atoms with Gasteiger partial charge in [-0.25, -0.2) is 9.97 Å². The molecule has 0 aliphatic carbocycles. The molecule has 3 heterocycles. The summed E-state index contributed by atoms with van der Waals surface area (Å²) in [7, 11) is 1.58. The molecule has 1 fully saturated rings. The topological polar surface area (TPSA) is 164 Å². The lowest BCUT2D eigenvalue weighted by atomic mass is 10.1. The number of nitrogens with one attached hydrogen (secondary N) is 1. The molecule has 162 valence electrons. The number of aromatic hydroxyl groups is 1. The maximum Gasteiger partial charge on any atom is 0.303 e. The van der Waals surface area contributed by atoms with Crippen molar-refractivity contribution in [3.05, 3.63) is 6.33 Å². The van der Waals surface area contributed by atoms with Crippen LogP contribution >= 0.6 is 0 Å². The van der Waals surface area contributed by atoms with E-state index in [-0.39, 0.29) is 29.6 Å². The third kappa shape index (κ3) is 4.10. The Balaban J connectivity index is 2.10. The highest BCUT2D eigenvalue weighted by atomic mass is 16.7. The smallest absolute Gasteiger partial charge is 0.303 e. The zero-order chi connectivity index (χ0) is 22.0. The van der Waals surface area contributed by atoms with Gasteiger partial charge in [-0.3, -0.25) is 19.0 Å². The summed E-state index contributed by atoms with van der Waals surface area (Å²) >= 11 is 0. The van der Waals surface area contributed by atoms with E-state index in [2.05, 4.69) is 20.3 Å². The summed E-state index contributed by atoms with van der Waals surface area (Å²) in [4.78, 5) is 46.8. The van der Waals surface area contributed by atoms with Gasteiger partial charge in [0.1, 0.15) is 19.0 Å². The normalized spacial score (nSPS) is 23.2. The zero-order valence-corrected chi connectivity index (χ0v) is 16.7. The Hall–Kier alpha value is -3.48. The molecule has 0 amide bonds. The maximum atomic E-state index is 11.8. The van der Waals surface area contributed by atoms with Crippen LogP contribution < -0.4 is 5.32 Å². The standard InChI is InChI=1S/C17H21N5O8/c1-7(23)27-5-10-12(28-8(2)24)13(29-9(3)25)16(30-10)22-14-11(21-17(22)18-4)15(26)20-6-19-14/h6,10,12-13,16H,5H2,1-4H3,(H,18,21)(H,19,20,26)/t10-,12-,13-,16-/m1/s1. The van der Waals surface area contributed by atoms with Gasteiger partial charge in [-0.1, -0.05) is 0 Å². The van der Waals surface area contributed by atoms with Gasteiger partial charge in [0.25, 0.3) is 0 Å². The summed E-state index contributed by atoms with van der Waals surface area (Å²) in [5.74, 6) is -1.98. The van der Waals surface area contributed by atoms with Crippen LogP contribution in [0.1, 0.15) is 27.0 Å². The summed E-state index contributed by atoms with van der Waals surface area (Å²) in [6, 6.07) is 0. The number of hydrogen-bond acceptors (Lipinski definition) is 12. The summed E-state index contributed by atoms with van der Waals surface area (Å²) < 4.78 is 23.2. The van der Waals surface area contributed by atoms with Gasteiger partial charge in [0.2, 0.25) is 11.8 Å². The van der Waals surface area contributed by atoms with Crippen molar-refractivity contribution < 1.29 is 38.4 Å². The quantitative estimate of drug-likeness (QED) is 0.469. The van der Waals surface area contributed by atoms with E-state index >= 15 is 0 Å². The number of anilines is 1. The van der Waals surface area contributed by atoms with Crippen LogP contribution in [0.3, 0.4) is 0 Å². The predicted octanol–water partition coefficient (Wildman–Crippen LogP) is -0.103. The van der Waals surface area contributed by atoms with Gasteiger partial charge in [0, 0.05) is 27.8 Å². The third-order valence-corrected chi connectivity index (χ3v) is 4.28. The number of ether oxygens (including phenoxy) is 4. The van der Waals surface area contributed by atoms with E-state index in [1.54, 1.807) is 7.05 Å². The number of hydrogen-bond donors (Lipinski definition) is 2. The largest absolute Gasteiger partial charge is 0.492 e. The SMILES string of the molecule is CNc1nc2c(O)ncnc2n1[C@@H]1O[C@H](COC(C)=O)[C@@H](OC(C)=O)[C@H]1OC(C)=O. The van der Waals surface area contributed by atoms with Crippen LogP contribution in [0, 0.1) is 0 Å². The van der Waals surface area contributed by atoms with Crippen LogP contribution in [0.25, 0.3) is 11.2 Å². The van der Waals surface area contributed by atoms with Crippen LogP contribution in [0.15, 0.2) is 6.33 Å². The molecule has 1 aliphatic heterocycles. The number of nitrogens with zero attached hydrogens (tertiary/aromatic N) is 4. The molecular weight excluding hydrogens is 402 g/mol. The van der Waals surface area contributed by atoms with Gasteiger partial charge in [0.15, 0.2) is 29.6 Å². The van der Waals surface area contributed by atoms with E-state index in [1.165, 1.54) is 25.3 Å². The highest BCUT2D eigenvalue weighted by Gasteiger charge is 2.51. The monoisotopic (exact) mass is 423 g/mol. The van der Waals surface area contributed by atoms with Crippen molar-refractivity contribution in [2.75, 3.05) is 19.0 Å². The lowest BCUT2D eigenvalue weighted by molar-refractivity contribution is -0.166. The molecule has 3 rings (SSSR count). The van der Waals surface area contributed by atoms with Gasteiger partial charge in [0.05, 0.1) is 0 Å². The minimum Gasteiger partial charge on any atom is -0.492 e. The molecule has 0 bridgehead atoms. The first-order valence-corrected chi connectivity index (χ1v) is 8.95. The van der Waals surface area contributed by atoms with Gasteiger partial charge < -0.3 is 29.4 Å². The summed E-state index contributed by atoms with van der Waals surface area (Å²) in [6.07, 6.45) is -3.07. The van der Waals surface area contributed by atoms with E-state index < -0.39 is 42.4 Å². The number of carbonyl (C=O) groups excluding carboxylic acids is 3. The number of imidazole rings is 1. The molecule has 0 aromatic carbocycles. The summed E-state index contributed by atoms with van der Waals surface area (Å²) in [6.45, 7) is 3.36. The van der Waals surface area contributed by atoms with Crippen LogP contribution in [0.5, 0.6) is 5.88 Å².